The predicted molar refractivity (Wildman–Crippen MR) is 98.8 cm³/mol. The fraction of sp³-hybridized carbons (Fsp3) is 0.600. The Hall–Kier alpha value is -2.26. The van der Waals surface area contributed by atoms with Crippen LogP contribution in [0.3, 0.4) is 0 Å². The number of rotatable bonds is 2. The highest BCUT2D eigenvalue weighted by Gasteiger charge is 2.43. The van der Waals surface area contributed by atoms with Gasteiger partial charge < -0.3 is 20.2 Å². The molecule has 3 aliphatic heterocycles. The summed E-state index contributed by atoms with van der Waals surface area (Å²) in [7, 11) is 0. The summed E-state index contributed by atoms with van der Waals surface area (Å²) >= 11 is 0. The van der Waals surface area contributed by atoms with Gasteiger partial charge in [-0.2, -0.15) is 5.26 Å². The van der Waals surface area contributed by atoms with Gasteiger partial charge in [0.25, 0.3) is 0 Å². The van der Waals surface area contributed by atoms with Crippen LogP contribution in [-0.4, -0.2) is 53.4 Å². The van der Waals surface area contributed by atoms with Crippen LogP contribution in [0.2, 0.25) is 0 Å². The normalized spacial score (nSPS) is 30.8. The van der Waals surface area contributed by atoms with E-state index in [-0.39, 0.29) is 30.3 Å². The molecule has 26 heavy (non-hydrogen) atoms. The lowest BCUT2D eigenvalue weighted by atomic mass is 10.00. The lowest BCUT2D eigenvalue weighted by Crippen LogP contribution is -2.56. The highest BCUT2D eigenvalue weighted by atomic mass is 16.3. The fourth-order valence-corrected chi connectivity index (χ4v) is 4.81. The van der Waals surface area contributed by atoms with Crippen molar-refractivity contribution in [2.75, 3.05) is 18.0 Å². The Morgan fingerprint density at radius 2 is 1.85 bits per heavy atom. The number of aliphatic hydroxyl groups excluding tert-OH is 1. The van der Waals surface area contributed by atoms with E-state index in [1.807, 2.05) is 29.2 Å². The van der Waals surface area contributed by atoms with E-state index in [0.29, 0.717) is 18.4 Å². The second-order valence-electron chi connectivity index (χ2n) is 7.81. The summed E-state index contributed by atoms with van der Waals surface area (Å²) in [5.74, 6) is 0. The molecule has 0 saturated carbocycles. The maximum Gasteiger partial charge on any atom is 0.318 e. The molecule has 3 atom stereocenters. The van der Waals surface area contributed by atoms with Crippen LogP contribution in [0.25, 0.3) is 0 Å². The zero-order chi connectivity index (χ0) is 18.1. The Balaban J connectivity index is 1.37. The average molecular weight is 354 g/mol. The van der Waals surface area contributed by atoms with Gasteiger partial charge in [-0.3, -0.25) is 0 Å². The minimum absolute atomic E-state index is 0.0380. The van der Waals surface area contributed by atoms with Gasteiger partial charge in [-0.1, -0.05) is 0 Å². The Labute approximate surface area is 154 Å². The van der Waals surface area contributed by atoms with Crippen molar-refractivity contribution >= 4 is 11.7 Å². The molecular weight excluding hydrogens is 328 g/mol. The van der Waals surface area contributed by atoms with Crippen LogP contribution in [0.1, 0.15) is 44.1 Å². The molecule has 1 aromatic rings. The maximum atomic E-state index is 12.8. The van der Waals surface area contributed by atoms with Crippen molar-refractivity contribution < 1.29 is 9.90 Å². The summed E-state index contributed by atoms with van der Waals surface area (Å²) in [5, 5.41) is 22.1. The van der Waals surface area contributed by atoms with Crippen molar-refractivity contribution in [1.82, 2.24) is 10.2 Å². The van der Waals surface area contributed by atoms with Gasteiger partial charge in [-0.05, 0) is 62.8 Å². The predicted octanol–water partition coefficient (Wildman–Crippen LogP) is 2.22. The molecule has 0 aromatic heterocycles. The number of benzene rings is 1. The van der Waals surface area contributed by atoms with Gasteiger partial charge in [-0.25, -0.2) is 4.79 Å². The van der Waals surface area contributed by atoms with Crippen LogP contribution in [0, 0.1) is 11.3 Å². The first kappa shape index (κ1) is 17.2. The molecule has 1 aromatic carbocycles. The molecule has 0 radical (unpaired) electrons. The highest BCUT2D eigenvalue weighted by molar-refractivity contribution is 5.76. The van der Waals surface area contributed by atoms with E-state index < -0.39 is 0 Å². The Morgan fingerprint density at radius 3 is 2.50 bits per heavy atom. The van der Waals surface area contributed by atoms with E-state index in [4.69, 9.17) is 5.26 Å². The molecule has 4 rings (SSSR count). The number of nitrogens with zero attached hydrogens (tertiary/aromatic N) is 3. The van der Waals surface area contributed by atoms with Crippen LogP contribution >= 0.6 is 0 Å². The maximum absolute atomic E-state index is 12.8. The molecule has 3 aliphatic rings. The van der Waals surface area contributed by atoms with E-state index in [2.05, 4.69) is 16.3 Å². The molecule has 6 nitrogen and oxygen atoms in total. The molecule has 0 aliphatic carbocycles. The highest BCUT2D eigenvalue weighted by Crippen LogP contribution is 2.35. The molecule has 0 spiro atoms. The van der Waals surface area contributed by atoms with Crippen molar-refractivity contribution in [3.05, 3.63) is 29.8 Å². The number of carbonyl (C=O) groups excluding carboxylic acids is 1. The summed E-state index contributed by atoms with van der Waals surface area (Å²) in [6.07, 6.45) is 5.23. The van der Waals surface area contributed by atoms with E-state index in [1.54, 1.807) is 0 Å². The molecule has 2 amide bonds. The van der Waals surface area contributed by atoms with Crippen molar-refractivity contribution in [2.45, 2.75) is 62.8 Å². The molecule has 3 fully saturated rings. The van der Waals surface area contributed by atoms with Gasteiger partial charge in [0.1, 0.15) is 0 Å². The monoisotopic (exact) mass is 354 g/mol. The number of nitrogens with one attached hydrogen (secondary N) is 1. The number of carbonyl (C=O) groups is 1. The summed E-state index contributed by atoms with van der Waals surface area (Å²) in [6.45, 7) is 1.77. The van der Waals surface area contributed by atoms with Gasteiger partial charge in [0.15, 0.2) is 0 Å². The van der Waals surface area contributed by atoms with Gasteiger partial charge in [0.2, 0.25) is 0 Å². The number of nitriles is 1. The van der Waals surface area contributed by atoms with E-state index in [9.17, 15) is 9.90 Å². The molecule has 2 N–H and O–H groups in total. The number of anilines is 1. The minimum atomic E-state index is -0.252. The molecule has 6 heteroatoms. The first-order valence-electron chi connectivity index (χ1n) is 9.66. The van der Waals surface area contributed by atoms with Crippen molar-refractivity contribution in [3.8, 4) is 6.07 Å². The zero-order valence-electron chi connectivity index (χ0n) is 15.0. The SMILES string of the molecule is N#Cc1ccc(N2CCC[C@H](NC(=O)N3C4CCC3CC(O)C4)C2)cc1. The molecular formula is C20H26N4O2. The lowest BCUT2D eigenvalue weighted by Gasteiger charge is -2.40. The van der Waals surface area contributed by atoms with E-state index in [0.717, 1.165) is 44.5 Å². The van der Waals surface area contributed by atoms with Gasteiger partial charge in [-0.15, -0.1) is 0 Å². The van der Waals surface area contributed by atoms with Crippen LogP contribution in [0.4, 0.5) is 10.5 Å². The number of piperidine rings is 2. The Morgan fingerprint density at radius 1 is 1.15 bits per heavy atom. The summed E-state index contributed by atoms with van der Waals surface area (Å²) in [5.41, 5.74) is 1.77. The average Bonchev–Trinajstić information content (AvgIpc) is 2.94. The first-order valence-corrected chi connectivity index (χ1v) is 9.66. The first-order chi connectivity index (χ1) is 12.6. The number of hydrogen-bond acceptors (Lipinski definition) is 4. The molecule has 3 saturated heterocycles. The number of aliphatic hydroxyl groups is 1. The van der Waals surface area contributed by atoms with Crippen LogP contribution in [0.15, 0.2) is 24.3 Å². The van der Waals surface area contributed by atoms with E-state index >= 15 is 0 Å². The fourth-order valence-electron chi connectivity index (χ4n) is 4.81. The Kier molecular flexibility index (Phi) is 4.73. The van der Waals surface area contributed by atoms with E-state index in [1.165, 1.54) is 0 Å². The number of fused-ring (bicyclic) bond motifs is 2. The lowest BCUT2D eigenvalue weighted by molar-refractivity contribution is 0.0533. The zero-order valence-corrected chi connectivity index (χ0v) is 15.0. The quantitative estimate of drug-likeness (QED) is 0.853. The third kappa shape index (κ3) is 3.36. The van der Waals surface area contributed by atoms with Crippen LogP contribution in [-0.2, 0) is 0 Å². The second-order valence-corrected chi connectivity index (χ2v) is 7.81. The third-order valence-electron chi connectivity index (χ3n) is 6.05. The molecule has 138 valence electrons. The second kappa shape index (κ2) is 7.16. The van der Waals surface area contributed by atoms with Crippen molar-refractivity contribution in [3.63, 3.8) is 0 Å². The third-order valence-corrected chi connectivity index (χ3v) is 6.05. The van der Waals surface area contributed by atoms with Crippen LogP contribution < -0.4 is 10.2 Å². The standard InChI is InChI=1S/C20H26N4O2/c21-12-14-3-5-16(6-4-14)23-9-1-2-15(13-23)22-20(26)24-17-7-8-18(24)11-19(25)10-17/h3-6,15,17-19,25H,1-2,7-11,13H2,(H,22,26)/t15-,17?,18?,19?/m0/s1. The van der Waals surface area contributed by atoms with Crippen molar-refractivity contribution in [1.29, 1.82) is 5.26 Å². The topological polar surface area (TPSA) is 79.6 Å². The van der Waals surface area contributed by atoms with Crippen molar-refractivity contribution in [2.24, 2.45) is 0 Å². The Bertz CT molecular complexity index is 685. The van der Waals surface area contributed by atoms with Gasteiger partial charge >= 0.3 is 6.03 Å². The smallest absolute Gasteiger partial charge is 0.318 e. The molecule has 3 heterocycles. The summed E-state index contributed by atoms with van der Waals surface area (Å²) in [4.78, 5) is 17.1. The number of amides is 2. The largest absolute Gasteiger partial charge is 0.393 e. The number of hydrogen-bond donors (Lipinski definition) is 2. The van der Waals surface area contributed by atoms with Gasteiger partial charge in [0.05, 0.1) is 17.7 Å². The summed E-state index contributed by atoms with van der Waals surface area (Å²) in [6, 6.07) is 10.4. The van der Waals surface area contributed by atoms with Gasteiger partial charge in [0, 0.05) is 36.9 Å². The molecule has 2 unspecified atom stereocenters. The minimum Gasteiger partial charge on any atom is -0.393 e. The number of urea groups is 1. The molecule has 2 bridgehead atoms. The summed E-state index contributed by atoms with van der Waals surface area (Å²) < 4.78 is 0. The van der Waals surface area contributed by atoms with Crippen LogP contribution in [0.5, 0.6) is 0 Å².